The van der Waals surface area contributed by atoms with E-state index in [-0.39, 0.29) is 11.8 Å². The quantitative estimate of drug-likeness (QED) is 0.826. The number of rotatable bonds is 7. The molecule has 0 saturated carbocycles. The Hall–Kier alpha value is -2.47. The first-order valence-electron chi connectivity index (χ1n) is 9.12. The highest BCUT2D eigenvalue weighted by atomic mass is 16.5. The molecule has 2 heterocycles. The van der Waals surface area contributed by atoms with Gasteiger partial charge in [0.15, 0.2) is 0 Å². The molecule has 1 saturated heterocycles. The molecule has 6 heteroatoms. The van der Waals surface area contributed by atoms with Crippen LogP contribution in [0, 0.1) is 5.92 Å². The number of anilines is 1. The molecule has 0 atom stereocenters. The minimum Gasteiger partial charge on any atom is -0.378 e. The number of amides is 1. The molecule has 6 nitrogen and oxygen atoms in total. The summed E-state index contributed by atoms with van der Waals surface area (Å²) in [4.78, 5) is 23.2. The predicted molar refractivity (Wildman–Crippen MR) is 101 cm³/mol. The van der Waals surface area contributed by atoms with Crippen LogP contribution in [0.5, 0.6) is 0 Å². The molecule has 1 aromatic heterocycles. The number of methoxy groups -OCH3 is 1. The summed E-state index contributed by atoms with van der Waals surface area (Å²) >= 11 is 0. The first kappa shape index (κ1) is 18.3. The minimum atomic E-state index is 0.0855. The smallest absolute Gasteiger partial charge is 0.223 e. The zero-order chi connectivity index (χ0) is 18.2. The van der Waals surface area contributed by atoms with Crippen molar-refractivity contribution in [3.8, 4) is 0 Å². The summed E-state index contributed by atoms with van der Waals surface area (Å²) in [7, 11) is 1.66. The number of aromatic nitrogens is 2. The maximum absolute atomic E-state index is 12.4. The molecule has 1 aliphatic rings. The fraction of sp³-hybridized carbons (Fsp3) is 0.450. The molecular weight excluding hydrogens is 328 g/mol. The Morgan fingerprint density at radius 1 is 1.23 bits per heavy atom. The fourth-order valence-corrected chi connectivity index (χ4v) is 3.28. The standard InChI is InChI=1S/C20H26N4O2/c1-26-14-18-13-19(23-15-22-18)24-11-8-17(9-12-24)20(25)21-10-7-16-5-3-2-4-6-16/h2-6,13,15,17H,7-12,14H2,1H3,(H,21,25). The highest BCUT2D eigenvalue weighted by molar-refractivity contribution is 5.79. The first-order chi connectivity index (χ1) is 12.8. The van der Waals surface area contributed by atoms with Crippen LogP contribution in [-0.4, -0.2) is 42.6 Å². The lowest BCUT2D eigenvalue weighted by atomic mass is 9.96. The molecule has 0 spiro atoms. The Balaban J connectivity index is 1.44. The van der Waals surface area contributed by atoms with Crippen LogP contribution in [0.15, 0.2) is 42.7 Å². The number of carbonyl (C=O) groups excluding carboxylic acids is 1. The predicted octanol–water partition coefficient (Wildman–Crippen LogP) is 2.20. The summed E-state index contributed by atoms with van der Waals surface area (Å²) in [6.07, 6.45) is 4.14. The third-order valence-corrected chi connectivity index (χ3v) is 4.75. The van der Waals surface area contributed by atoms with Crippen molar-refractivity contribution in [2.75, 3.05) is 31.6 Å². The molecule has 0 bridgehead atoms. The van der Waals surface area contributed by atoms with Gasteiger partial charge in [0.25, 0.3) is 0 Å². The maximum atomic E-state index is 12.4. The highest BCUT2D eigenvalue weighted by Gasteiger charge is 2.25. The van der Waals surface area contributed by atoms with E-state index in [2.05, 4.69) is 32.3 Å². The number of hydrogen-bond acceptors (Lipinski definition) is 5. The number of carbonyl (C=O) groups is 1. The molecule has 2 aromatic rings. The van der Waals surface area contributed by atoms with Crippen LogP contribution in [0.1, 0.15) is 24.1 Å². The Morgan fingerprint density at radius 2 is 2.00 bits per heavy atom. The third-order valence-electron chi connectivity index (χ3n) is 4.75. The molecule has 3 rings (SSSR count). The first-order valence-corrected chi connectivity index (χ1v) is 9.12. The second-order valence-electron chi connectivity index (χ2n) is 6.59. The zero-order valence-electron chi connectivity index (χ0n) is 15.2. The lowest BCUT2D eigenvalue weighted by Crippen LogP contribution is -2.41. The van der Waals surface area contributed by atoms with Crippen LogP contribution in [0.3, 0.4) is 0 Å². The SMILES string of the molecule is COCc1cc(N2CCC(C(=O)NCCc3ccccc3)CC2)ncn1. The molecule has 0 aliphatic carbocycles. The van der Waals surface area contributed by atoms with Gasteiger partial charge in [-0.25, -0.2) is 9.97 Å². The van der Waals surface area contributed by atoms with E-state index in [9.17, 15) is 4.79 Å². The van der Waals surface area contributed by atoms with E-state index in [1.54, 1.807) is 13.4 Å². The summed E-state index contributed by atoms with van der Waals surface area (Å²) in [6, 6.07) is 12.2. The second-order valence-corrected chi connectivity index (χ2v) is 6.59. The molecule has 1 aliphatic heterocycles. The van der Waals surface area contributed by atoms with Crippen LogP contribution in [0.2, 0.25) is 0 Å². The third kappa shape index (κ3) is 5.02. The van der Waals surface area contributed by atoms with E-state index in [0.29, 0.717) is 13.2 Å². The maximum Gasteiger partial charge on any atom is 0.223 e. The van der Waals surface area contributed by atoms with Crippen molar-refractivity contribution < 1.29 is 9.53 Å². The largest absolute Gasteiger partial charge is 0.378 e. The van der Waals surface area contributed by atoms with E-state index >= 15 is 0 Å². The molecule has 138 valence electrons. The van der Waals surface area contributed by atoms with Crippen molar-refractivity contribution in [3.63, 3.8) is 0 Å². The number of hydrogen-bond donors (Lipinski definition) is 1. The van der Waals surface area contributed by atoms with Gasteiger partial charge in [0, 0.05) is 38.7 Å². The van der Waals surface area contributed by atoms with Crippen molar-refractivity contribution in [2.24, 2.45) is 5.92 Å². The average molecular weight is 354 g/mol. The van der Waals surface area contributed by atoms with Gasteiger partial charge in [-0.15, -0.1) is 0 Å². The number of nitrogens with zero attached hydrogens (tertiary/aromatic N) is 3. The van der Waals surface area contributed by atoms with Gasteiger partial charge >= 0.3 is 0 Å². The van der Waals surface area contributed by atoms with Crippen LogP contribution in [-0.2, 0) is 22.6 Å². The van der Waals surface area contributed by atoms with Gasteiger partial charge in [-0.2, -0.15) is 0 Å². The van der Waals surface area contributed by atoms with Crippen LogP contribution >= 0.6 is 0 Å². The van der Waals surface area contributed by atoms with E-state index in [0.717, 1.165) is 43.9 Å². The molecule has 1 aromatic carbocycles. The van der Waals surface area contributed by atoms with Gasteiger partial charge in [0.05, 0.1) is 12.3 Å². The van der Waals surface area contributed by atoms with Gasteiger partial charge in [-0.1, -0.05) is 30.3 Å². The van der Waals surface area contributed by atoms with E-state index < -0.39 is 0 Å². The van der Waals surface area contributed by atoms with Gasteiger partial charge in [0.2, 0.25) is 5.91 Å². The minimum absolute atomic E-state index is 0.0855. The van der Waals surface area contributed by atoms with Gasteiger partial charge in [0.1, 0.15) is 12.1 Å². The lowest BCUT2D eigenvalue weighted by molar-refractivity contribution is -0.125. The molecule has 1 amide bonds. The summed E-state index contributed by atoms with van der Waals surface area (Å²) in [5.41, 5.74) is 2.12. The van der Waals surface area contributed by atoms with Crippen molar-refractivity contribution in [1.29, 1.82) is 0 Å². The summed E-state index contributed by atoms with van der Waals surface area (Å²) in [5.74, 6) is 1.17. The Labute approximate surface area is 154 Å². The Morgan fingerprint density at radius 3 is 2.73 bits per heavy atom. The van der Waals surface area contributed by atoms with E-state index in [1.807, 2.05) is 24.3 Å². The normalized spacial score (nSPS) is 15.0. The van der Waals surface area contributed by atoms with E-state index in [1.165, 1.54) is 5.56 Å². The molecule has 0 unspecified atom stereocenters. The number of benzene rings is 1. The monoisotopic (exact) mass is 354 g/mol. The lowest BCUT2D eigenvalue weighted by Gasteiger charge is -2.32. The molecule has 26 heavy (non-hydrogen) atoms. The van der Waals surface area contributed by atoms with Crippen molar-refractivity contribution in [3.05, 3.63) is 54.0 Å². The van der Waals surface area contributed by atoms with Crippen molar-refractivity contribution in [1.82, 2.24) is 15.3 Å². The van der Waals surface area contributed by atoms with Gasteiger partial charge in [-0.3, -0.25) is 4.79 Å². The molecular formula is C20H26N4O2. The van der Waals surface area contributed by atoms with Crippen molar-refractivity contribution in [2.45, 2.75) is 25.9 Å². The van der Waals surface area contributed by atoms with Gasteiger partial charge in [-0.05, 0) is 24.8 Å². The molecule has 0 radical (unpaired) electrons. The summed E-state index contributed by atoms with van der Waals surface area (Å²) < 4.78 is 5.13. The zero-order valence-corrected chi connectivity index (χ0v) is 15.2. The Bertz CT molecular complexity index is 700. The highest BCUT2D eigenvalue weighted by Crippen LogP contribution is 2.22. The molecule has 1 N–H and O–H groups in total. The topological polar surface area (TPSA) is 67.3 Å². The van der Waals surface area contributed by atoms with Gasteiger partial charge < -0.3 is 15.0 Å². The van der Waals surface area contributed by atoms with Crippen molar-refractivity contribution >= 4 is 11.7 Å². The summed E-state index contributed by atoms with van der Waals surface area (Å²) in [6.45, 7) is 2.84. The van der Waals surface area contributed by atoms with Crippen LogP contribution < -0.4 is 10.2 Å². The number of ether oxygens (including phenoxy) is 1. The second kappa shape index (κ2) is 9.29. The number of nitrogens with one attached hydrogen (secondary N) is 1. The van der Waals surface area contributed by atoms with Crippen LogP contribution in [0.25, 0.3) is 0 Å². The van der Waals surface area contributed by atoms with Crippen LogP contribution in [0.4, 0.5) is 5.82 Å². The number of piperidine rings is 1. The summed E-state index contributed by atoms with van der Waals surface area (Å²) in [5, 5.41) is 3.08. The average Bonchev–Trinajstić information content (AvgIpc) is 2.69. The molecule has 1 fully saturated rings. The Kier molecular flexibility index (Phi) is 6.55. The van der Waals surface area contributed by atoms with E-state index in [4.69, 9.17) is 4.74 Å². The fourth-order valence-electron chi connectivity index (χ4n) is 3.28.